The highest BCUT2D eigenvalue weighted by atomic mass is 32.2. The number of aromatic nitrogens is 3. The minimum atomic E-state index is -0.298. The van der Waals surface area contributed by atoms with Gasteiger partial charge in [-0.05, 0) is 43.5 Å². The average Bonchev–Trinajstić information content (AvgIpc) is 3.33. The molecule has 0 bridgehead atoms. The summed E-state index contributed by atoms with van der Waals surface area (Å²) in [5, 5.41) is 4.77. The van der Waals surface area contributed by atoms with Gasteiger partial charge in [0.25, 0.3) is 5.91 Å². The smallest absolute Gasteiger partial charge is 0.308 e. The molecule has 7 nitrogen and oxygen atoms in total. The van der Waals surface area contributed by atoms with Gasteiger partial charge in [-0.25, -0.2) is 4.98 Å². The van der Waals surface area contributed by atoms with Crippen LogP contribution in [0.3, 0.4) is 0 Å². The van der Waals surface area contributed by atoms with Crippen LogP contribution >= 0.6 is 11.8 Å². The Hall–Kier alpha value is -2.19. The summed E-state index contributed by atoms with van der Waals surface area (Å²) in [6.45, 7) is 5.62. The molecular weight excluding hydrogens is 400 g/mol. The zero-order valence-corrected chi connectivity index (χ0v) is 18.5. The molecule has 0 amide bonds. The predicted octanol–water partition coefficient (Wildman–Crippen LogP) is 3.14. The molecule has 2 unspecified atom stereocenters. The number of fused-ring (bicyclic) bond motifs is 1. The lowest BCUT2D eigenvalue weighted by atomic mass is 9.92. The molecule has 0 aliphatic carbocycles. The molecule has 4 rings (SSSR count). The number of rotatable bonds is 6. The summed E-state index contributed by atoms with van der Waals surface area (Å²) in [6.07, 6.45) is 3.17. The second kappa shape index (κ2) is 8.89. The van der Waals surface area contributed by atoms with Gasteiger partial charge in [0.05, 0.1) is 19.1 Å². The number of likely N-dealkylation sites (tertiary alicyclic amines) is 1. The number of hydrogen-bond acceptors (Lipinski definition) is 7. The van der Waals surface area contributed by atoms with Crippen LogP contribution in [0.15, 0.2) is 29.4 Å². The second-order valence-corrected chi connectivity index (χ2v) is 8.93. The first kappa shape index (κ1) is 21.1. The first-order valence-corrected chi connectivity index (χ1v) is 11.5. The maximum atomic E-state index is 13.3. The summed E-state index contributed by atoms with van der Waals surface area (Å²) in [5.74, 6) is 0.487. The van der Waals surface area contributed by atoms with Crippen LogP contribution in [0.4, 0.5) is 0 Å². The first-order chi connectivity index (χ1) is 14.5. The van der Waals surface area contributed by atoms with Crippen LogP contribution in [-0.4, -0.2) is 57.0 Å². The molecule has 2 aliphatic heterocycles. The van der Waals surface area contributed by atoms with Crippen molar-refractivity contribution in [2.75, 3.05) is 20.2 Å². The topological polar surface area (TPSA) is 77.3 Å². The van der Waals surface area contributed by atoms with E-state index in [9.17, 15) is 9.59 Å². The van der Waals surface area contributed by atoms with Crippen molar-refractivity contribution >= 4 is 23.6 Å². The number of aryl methyl sites for hydroxylation is 2. The molecule has 0 N–H and O–H groups in total. The van der Waals surface area contributed by atoms with E-state index >= 15 is 0 Å². The van der Waals surface area contributed by atoms with Gasteiger partial charge in [0, 0.05) is 6.42 Å². The average molecular weight is 429 g/mol. The number of carbonyl (C=O) groups excluding carboxylic acids is 2. The molecule has 0 radical (unpaired) electrons. The highest BCUT2D eigenvalue weighted by Gasteiger charge is 2.44. The summed E-state index contributed by atoms with van der Waals surface area (Å²) in [7, 11) is 1.44. The van der Waals surface area contributed by atoms with Crippen molar-refractivity contribution in [1.82, 2.24) is 19.7 Å². The fraction of sp³-hybridized carbons (Fsp3) is 0.545. The molecule has 0 saturated carbocycles. The maximum Gasteiger partial charge on any atom is 0.308 e. The number of hydrogen-bond donors (Lipinski definition) is 0. The molecule has 30 heavy (non-hydrogen) atoms. The zero-order chi connectivity index (χ0) is 21.3. The van der Waals surface area contributed by atoms with Crippen LogP contribution in [0, 0.1) is 5.92 Å². The fourth-order valence-corrected chi connectivity index (χ4v) is 5.57. The van der Waals surface area contributed by atoms with Gasteiger partial charge in [-0.2, -0.15) is 4.68 Å². The molecule has 2 atom stereocenters. The van der Waals surface area contributed by atoms with E-state index in [2.05, 4.69) is 46.2 Å². The number of nitrogens with zero attached hydrogens (tertiary/aromatic N) is 4. The van der Waals surface area contributed by atoms with Crippen LogP contribution in [0.5, 0.6) is 0 Å². The number of methoxy groups -OCH3 is 1. The Balaban J connectivity index is 1.60. The molecule has 2 aromatic rings. The molecule has 3 heterocycles. The number of esters is 1. The van der Waals surface area contributed by atoms with Crippen LogP contribution in [-0.2, 0) is 22.4 Å². The summed E-state index contributed by atoms with van der Waals surface area (Å²) in [4.78, 5) is 32.1. The minimum absolute atomic E-state index is 0.0122. The van der Waals surface area contributed by atoms with E-state index in [4.69, 9.17) is 4.74 Å². The number of thioether (sulfide) groups is 1. The first-order valence-electron chi connectivity index (χ1n) is 10.6. The normalized spacial score (nSPS) is 20.9. The number of benzene rings is 1. The van der Waals surface area contributed by atoms with Gasteiger partial charge in [-0.1, -0.05) is 49.9 Å². The van der Waals surface area contributed by atoms with E-state index < -0.39 is 0 Å². The van der Waals surface area contributed by atoms with Crippen molar-refractivity contribution in [3.8, 4) is 0 Å². The molecule has 1 aromatic carbocycles. The summed E-state index contributed by atoms with van der Waals surface area (Å²) >= 11 is 1.51. The van der Waals surface area contributed by atoms with Crippen molar-refractivity contribution in [2.45, 2.75) is 56.0 Å². The van der Waals surface area contributed by atoms with E-state index in [-0.39, 0.29) is 29.1 Å². The van der Waals surface area contributed by atoms with Crippen molar-refractivity contribution in [3.63, 3.8) is 0 Å². The lowest BCUT2D eigenvalue weighted by Crippen LogP contribution is -2.44. The Bertz CT molecular complexity index is 919. The second-order valence-electron chi connectivity index (χ2n) is 7.83. The van der Waals surface area contributed by atoms with Gasteiger partial charge < -0.3 is 4.74 Å². The third-order valence-corrected chi connectivity index (χ3v) is 7.28. The van der Waals surface area contributed by atoms with E-state index in [0.29, 0.717) is 17.4 Å². The Kier molecular flexibility index (Phi) is 6.24. The highest BCUT2D eigenvalue weighted by Crippen LogP contribution is 2.42. The molecule has 1 saturated heterocycles. The van der Waals surface area contributed by atoms with Crippen molar-refractivity contribution < 1.29 is 14.3 Å². The molecule has 1 fully saturated rings. The van der Waals surface area contributed by atoms with E-state index in [1.165, 1.54) is 29.1 Å². The predicted molar refractivity (Wildman–Crippen MR) is 115 cm³/mol. The van der Waals surface area contributed by atoms with Gasteiger partial charge in [-0.3, -0.25) is 14.5 Å². The molecule has 1 aromatic heterocycles. The van der Waals surface area contributed by atoms with Crippen LogP contribution in [0.2, 0.25) is 0 Å². The van der Waals surface area contributed by atoms with Crippen molar-refractivity contribution in [3.05, 3.63) is 41.2 Å². The third kappa shape index (κ3) is 3.90. The van der Waals surface area contributed by atoms with E-state index in [1.807, 2.05) is 6.92 Å². The molecule has 0 spiro atoms. The van der Waals surface area contributed by atoms with Gasteiger partial charge >= 0.3 is 5.97 Å². The van der Waals surface area contributed by atoms with Crippen LogP contribution in [0.25, 0.3) is 0 Å². The van der Waals surface area contributed by atoms with Gasteiger partial charge in [0.1, 0.15) is 5.25 Å². The lowest BCUT2D eigenvalue weighted by Gasteiger charge is -2.38. The van der Waals surface area contributed by atoms with Gasteiger partial charge in [-0.15, -0.1) is 5.10 Å². The molecule has 8 heteroatoms. The quantitative estimate of drug-likeness (QED) is 0.654. The number of piperidine rings is 1. The maximum absolute atomic E-state index is 13.3. The number of carbonyl (C=O) groups is 2. The van der Waals surface area contributed by atoms with Crippen LogP contribution in [0.1, 0.15) is 54.5 Å². The standard InChI is InChI=1S/C22H28N4O3S/c1-4-14-6-8-15(9-7-14)18(25-12-10-16(11-13-25)21(28)29-3)19-20(27)26-22(30-19)23-17(5-2)24-26/h6-9,16,18-19H,4-5,10-13H2,1-3H3. The largest absolute Gasteiger partial charge is 0.469 e. The summed E-state index contributed by atoms with van der Waals surface area (Å²) < 4.78 is 6.41. The Morgan fingerprint density at radius 1 is 1.20 bits per heavy atom. The molecule has 160 valence electrons. The molecule has 2 aliphatic rings. The van der Waals surface area contributed by atoms with Gasteiger partial charge in [0.2, 0.25) is 0 Å². The van der Waals surface area contributed by atoms with E-state index in [0.717, 1.165) is 37.9 Å². The lowest BCUT2D eigenvalue weighted by molar-refractivity contribution is -0.147. The van der Waals surface area contributed by atoms with Crippen LogP contribution < -0.4 is 0 Å². The summed E-state index contributed by atoms with van der Waals surface area (Å²) in [5.41, 5.74) is 2.39. The fourth-order valence-electron chi connectivity index (χ4n) is 4.30. The third-order valence-electron chi connectivity index (χ3n) is 6.10. The monoisotopic (exact) mass is 428 g/mol. The Labute approximate surface area is 181 Å². The minimum Gasteiger partial charge on any atom is -0.469 e. The molecular formula is C22H28N4O3S. The van der Waals surface area contributed by atoms with Crippen molar-refractivity contribution in [2.24, 2.45) is 5.92 Å². The van der Waals surface area contributed by atoms with Crippen molar-refractivity contribution in [1.29, 1.82) is 0 Å². The van der Waals surface area contributed by atoms with Gasteiger partial charge in [0.15, 0.2) is 11.0 Å². The number of ether oxygens (including phenoxy) is 1. The SMILES string of the molecule is CCc1ccc(C(C2Sc3nc(CC)nn3C2=O)N2CCC(C(=O)OC)CC2)cc1. The summed E-state index contributed by atoms with van der Waals surface area (Å²) in [6, 6.07) is 8.46. The Morgan fingerprint density at radius 2 is 1.90 bits per heavy atom. The Morgan fingerprint density at radius 3 is 2.47 bits per heavy atom. The highest BCUT2D eigenvalue weighted by molar-refractivity contribution is 8.00. The van der Waals surface area contributed by atoms with E-state index in [1.54, 1.807) is 0 Å². The zero-order valence-electron chi connectivity index (χ0n) is 17.7.